The third-order valence-corrected chi connectivity index (χ3v) is 4.47. The van der Waals surface area contributed by atoms with Crippen LogP contribution in [0.5, 0.6) is 0 Å². The molecule has 0 unspecified atom stereocenters. The Morgan fingerprint density at radius 3 is 2.89 bits per heavy atom. The standard InChI is InChI=1S/C22H21N5/c1-3-7-17(24-19-10-5-4-8-16(19)2)11-12-21-25-22-18-9-6-14-23-20(18)13-15-27(22)26-21/h3-10,13-15H,11-12H2,1-2H3/b7-3-,24-17?. The van der Waals surface area contributed by atoms with Crippen molar-refractivity contribution in [1.82, 2.24) is 19.6 Å². The molecule has 0 fully saturated rings. The van der Waals surface area contributed by atoms with E-state index in [0.29, 0.717) is 0 Å². The average molecular weight is 355 g/mol. The number of aromatic nitrogens is 4. The Morgan fingerprint density at radius 2 is 2.04 bits per heavy atom. The van der Waals surface area contributed by atoms with Crippen LogP contribution in [0.3, 0.4) is 0 Å². The number of rotatable bonds is 5. The van der Waals surface area contributed by atoms with Crippen molar-refractivity contribution >= 4 is 27.9 Å². The van der Waals surface area contributed by atoms with Gasteiger partial charge in [0.15, 0.2) is 11.5 Å². The first-order valence-electron chi connectivity index (χ1n) is 9.09. The van der Waals surface area contributed by atoms with Crippen molar-refractivity contribution in [2.75, 3.05) is 0 Å². The minimum Gasteiger partial charge on any atom is -0.256 e. The summed E-state index contributed by atoms with van der Waals surface area (Å²) in [4.78, 5) is 13.9. The molecule has 0 atom stereocenters. The Morgan fingerprint density at radius 1 is 1.15 bits per heavy atom. The van der Waals surface area contributed by atoms with Gasteiger partial charge in [-0.1, -0.05) is 24.3 Å². The smallest absolute Gasteiger partial charge is 0.164 e. The molecular weight excluding hydrogens is 334 g/mol. The van der Waals surface area contributed by atoms with Gasteiger partial charge < -0.3 is 0 Å². The van der Waals surface area contributed by atoms with Crippen LogP contribution >= 0.6 is 0 Å². The number of allylic oxidation sites excluding steroid dienone is 2. The minimum absolute atomic E-state index is 0.735. The van der Waals surface area contributed by atoms with Gasteiger partial charge in [-0.2, -0.15) is 5.10 Å². The van der Waals surface area contributed by atoms with Crippen molar-refractivity contribution in [3.05, 3.63) is 78.4 Å². The average Bonchev–Trinajstić information content (AvgIpc) is 3.12. The number of pyridine rings is 2. The zero-order valence-electron chi connectivity index (χ0n) is 15.5. The van der Waals surface area contributed by atoms with Crippen LogP contribution in [0.1, 0.15) is 24.7 Å². The summed E-state index contributed by atoms with van der Waals surface area (Å²) in [6.07, 6.45) is 9.30. The zero-order valence-corrected chi connectivity index (χ0v) is 15.5. The van der Waals surface area contributed by atoms with E-state index in [1.165, 1.54) is 5.56 Å². The SMILES string of the molecule is C/C=C\C(CCc1nc2c3cccnc3ccn2n1)=Nc1ccccc1C. The molecule has 0 bridgehead atoms. The molecule has 3 aromatic heterocycles. The Labute approximate surface area is 158 Å². The number of para-hydroxylation sites is 1. The van der Waals surface area contributed by atoms with Gasteiger partial charge in [-0.05, 0) is 56.2 Å². The summed E-state index contributed by atoms with van der Waals surface area (Å²) in [6, 6.07) is 14.1. The van der Waals surface area contributed by atoms with Gasteiger partial charge in [-0.25, -0.2) is 9.50 Å². The molecule has 5 heteroatoms. The lowest BCUT2D eigenvalue weighted by Crippen LogP contribution is -1.99. The van der Waals surface area contributed by atoms with Gasteiger partial charge in [0, 0.05) is 29.9 Å². The molecule has 134 valence electrons. The molecular formula is C22H21N5. The molecule has 5 nitrogen and oxygen atoms in total. The highest BCUT2D eigenvalue weighted by molar-refractivity contribution is 5.97. The lowest BCUT2D eigenvalue weighted by atomic mass is 10.1. The molecule has 0 aliphatic heterocycles. The van der Waals surface area contributed by atoms with Gasteiger partial charge >= 0.3 is 0 Å². The van der Waals surface area contributed by atoms with Crippen LogP contribution in [0.15, 0.2) is 72.0 Å². The number of hydrogen-bond acceptors (Lipinski definition) is 4. The second kappa shape index (κ2) is 7.50. The summed E-state index contributed by atoms with van der Waals surface area (Å²) in [5.41, 5.74) is 4.98. The maximum absolute atomic E-state index is 4.82. The molecule has 0 saturated carbocycles. The summed E-state index contributed by atoms with van der Waals surface area (Å²) >= 11 is 0. The molecule has 0 amide bonds. The zero-order chi connectivity index (χ0) is 18.6. The highest BCUT2D eigenvalue weighted by atomic mass is 15.3. The Kier molecular flexibility index (Phi) is 4.75. The van der Waals surface area contributed by atoms with Crippen LogP contribution in [0.25, 0.3) is 16.6 Å². The van der Waals surface area contributed by atoms with Gasteiger partial charge in [-0.3, -0.25) is 9.98 Å². The second-order valence-corrected chi connectivity index (χ2v) is 6.44. The van der Waals surface area contributed by atoms with Crippen LogP contribution in [0.2, 0.25) is 0 Å². The molecule has 3 heterocycles. The number of benzene rings is 1. The largest absolute Gasteiger partial charge is 0.256 e. The summed E-state index contributed by atoms with van der Waals surface area (Å²) in [5.74, 6) is 0.813. The number of aryl methyl sites for hydroxylation is 2. The lowest BCUT2D eigenvalue weighted by Gasteiger charge is -2.03. The van der Waals surface area contributed by atoms with E-state index in [0.717, 1.165) is 46.6 Å². The normalized spacial score (nSPS) is 12.4. The predicted molar refractivity (Wildman–Crippen MR) is 110 cm³/mol. The van der Waals surface area contributed by atoms with Crippen molar-refractivity contribution in [2.45, 2.75) is 26.7 Å². The molecule has 0 saturated heterocycles. The monoisotopic (exact) mass is 355 g/mol. The van der Waals surface area contributed by atoms with Crippen LogP contribution in [0.4, 0.5) is 5.69 Å². The first kappa shape index (κ1) is 17.1. The van der Waals surface area contributed by atoms with E-state index in [1.807, 2.05) is 60.1 Å². The van der Waals surface area contributed by atoms with E-state index in [4.69, 9.17) is 9.98 Å². The Balaban J connectivity index is 1.61. The highest BCUT2D eigenvalue weighted by Crippen LogP contribution is 2.19. The maximum atomic E-state index is 4.82. The Hall–Kier alpha value is -3.34. The highest BCUT2D eigenvalue weighted by Gasteiger charge is 2.09. The van der Waals surface area contributed by atoms with E-state index >= 15 is 0 Å². The molecule has 0 spiro atoms. The molecule has 27 heavy (non-hydrogen) atoms. The molecule has 1 aromatic carbocycles. The lowest BCUT2D eigenvalue weighted by molar-refractivity contribution is 0.864. The summed E-state index contributed by atoms with van der Waals surface area (Å²) in [7, 11) is 0. The van der Waals surface area contributed by atoms with Gasteiger partial charge in [0.1, 0.15) is 0 Å². The first-order chi connectivity index (χ1) is 13.2. The van der Waals surface area contributed by atoms with Crippen molar-refractivity contribution in [1.29, 1.82) is 0 Å². The van der Waals surface area contributed by atoms with Crippen LogP contribution in [-0.2, 0) is 6.42 Å². The van der Waals surface area contributed by atoms with Gasteiger partial charge in [-0.15, -0.1) is 0 Å². The summed E-state index contributed by atoms with van der Waals surface area (Å²) in [6.45, 7) is 4.09. The Bertz CT molecular complexity index is 1150. The van der Waals surface area contributed by atoms with Gasteiger partial charge in [0.05, 0.1) is 11.2 Å². The molecule has 4 aromatic rings. The van der Waals surface area contributed by atoms with Crippen molar-refractivity contribution in [2.24, 2.45) is 4.99 Å². The molecule has 4 rings (SSSR count). The summed E-state index contributed by atoms with van der Waals surface area (Å²) in [5, 5.41) is 5.63. The molecule has 0 aliphatic carbocycles. The number of fused-ring (bicyclic) bond motifs is 3. The van der Waals surface area contributed by atoms with E-state index in [1.54, 1.807) is 6.20 Å². The fourth-order valence-corrected chi connectivity index (χ4v) is 3.09. The second-order valence-electron chi connectivity index (χ2n) is 6.44. The predicted octanol–water partition coefficient (Wildman–Crippen LogP) is 4.87. The quantitative estimate of drug-likeness (QED) is 0.480. The molecule has 0 aliphatic rings. The molecule has 0 radical (unpaired) electrons. The van der Waals surface area contributed by atoms with E-state index < -0.39 is 0 Å². The number of nitrogens with zero attached hydrogens (tertiary/aromatic N) is 5. The van der Waals surface area contributed by atoms with Crippen molar-refractivity contribution in [3.63, 3.8) is 0 Å². The third-order valence-electron chi connectivity index (χ3n) is 4.47. The first-order valence-corrected chi connectivity index (χ1v) is 9.09. The van der Waals surface area contributed by atoms with Gasteiger partial charge in [0.25, 0.3) is 0 Å². The maximum Gasteiger partial charge on any atom is 0.164 e. The molecule has 0 N–H and O–H groups in total. The van der Waals surface area contributed by atoms with Crippen LogP contribution in [0, 0.1) is 6.92 Å². The van der Waals surface area contributed by atoms with Crippen LogP contribution < -0.4 is 0 Å². The third kappa shape index (κ3) is 3.62. The topological polar surface area (TPSA) is 55.4 Å². The van der Waals surface area contributed by atoms with E-state index in [-0.39, 0.29) is 0 Å². The van der Waals surface area contributed by atoms with Crippen molar-refractivity contribution in [3.8, 4) is 0 Å². The fraction of sp³-hybridized carbons (Fsp3) is 0.182. The number of aliphatic imine (C=N–C) groups is 1. The van der Waals surface area contributed by atoms with Gasteiger partial charge in [0.2, 0.25) is 0 Å². The van der Waals surface area contributed by atoms with E-state index in [2.05, 4.69) is 29.1 Å². The summed E-state index contributed by atoms with van der Waals surface area (Å²) < 4.78 is 1.83. The van der Waals surface area contributed by atoms with E-state index in [9.17, 15) is 0 Å². The number of hydrogen-bond donors (Lipinski definition) is 0. The van der Waals surface area contributed by atoms with Crippen LogP contribution in [-0.4, -0.2) is 25.3 Å². The van der Waals surface area contributed by atoms with Crippen molar-refractivity contribution < 1.29 is 0 Å². The fourth-order valence-electron chi connectivity index (χ4n) is 3.09. The minimum atomic E-state index is 0.735.